The Morgan fingerprint density at radius 2 is 1.05 bits per heavy atom. The third-order valence-corrected chi connectivity index (χ3v) is 8.04. The fourth-order valence-corrected chi connectivity index (χ4v) is 5.40. The van der Waals surface area contributed by atoms with E-state index in [9.17, 15) is 4.79 Å². The zero-order valence-electron chi connectivity index (χ0n) is 25.2. The Kier molecular flexibility index (Phi) is 21.7. The smallest absolute Gasteiger partial charge is 0.305 e. The Labute approximate surface area is 231 Å². The van der Waals surface area contributed by atoms with E-state index < -0.39 is 0 Å². The van der Waals surface area contributed by atoms with E-state index in [0.29, 0.717) is 13.0 Å². The van der Waals surface area contributed by atoms with Gasteiger partial charge in [0.25, 0.3) is 0 Å². The highest BCUT2D eigenvalue weighted by Gasteiger charge is 2.25. The van der Waals surface area contributed by atoms with Gasteiger partial charge in [-0.05, 0) is 31.2 Å². The highest BCUT2D eigenvalue weighted by molar-refractivity contribution is 5.69. The Balaban J connectivity index is 2.31. The summed E-state index contributed by atoms with van der Waals surface area (Å²) in [4.78, 5) is 12.5. The second-order valence-corrected chi connectivity index (χ2v) is 12.0. The van der Waals surface area contributed by atoms with Crippen LogP contribution >= 0.6 is 0 Å². The summed E-state index contributed by atoms with van der Waals surface area (Å²) in [5.41, 5.74) is 1.44. The van der Waals surface area contributed by atoms with Gasteiger partial charge < -0.3 is 4.74 Å². The van der Waals surface area contributed by atoms with E-state index in [1.165, 1.54) is 134 Å². The minimum Gasteiger partial charge on any atom is -0.465 e. The Morgan fingerprint density at radius 3 is 1.51 bits per heavy atom. The van der Waals surface area contributed by atoms with E-state index in [-0.39, 0.29) is 11.4 Å². The fraction of sp³-hybridized carbons (Fsp3) is 0.800. The van der Waals surface area contributed by atoms with Gasteiger partial charge >= 0.3 is 5.97 Å². The molecule has 1 aromatic carbocycles. The van der Waals surface area contributed by atoms with E-state index in [0.717, 1.165) is 12.8 Å². The number of benzene rings is 1. The van der Waals surface area contributed by atoms with Crippen LogP contribution < -0.4 is 0 Å². The molecule has 0 aliphatic heterocycles. The number of hydrogen-bond donors (Lipinski definition) is 0. The van der Waals surface area contributed by atoms with Crippen molar-refractivity contribution in [2.45, 2.75) is 168 Å². The summed E-state index contributed by atoms with van der Waals surface area (Å²) in [6.07, 6.45) is 29.3. The number of unbranched alkanes of at least 4 members (excludes halogenated alkanes) is 16. The normalized spacial score (nSPS) is 12.9. The number of aryl methyl sites for hydroxylation is 1. The fourth-order valence-electron chi connectivity index (χ4n) is 5.40. The van der Waals surface area contributed by atoms with Gasteiger partial charge in [-0.25, -0.2) is 0 Å². The molecule has 1 aromatic rings. The van der Waals surface area contributed by atoms with E-state index in [1.807, 2.05) is 6.07 Å². The van der Waals surface area contributed by atoms with Crippen molar-refractivity contribution in [1.29, 1.82) is 0 Å². The van der Waals surface area contributed by atoms with Crippen LogP contribution in [0, 0.1) is 5.41 Å². The Hall–Kier alpha value is -1.31. The van der Waals surface area contributed by atoms with Gasteiger partial charge in [0.15, 0.2) is 0 Å². The molecule has 0 fully saturated rings. The molecule has 214 valence electrons. The van der Waals surface area contributed by atoms with Gasteiger partial charge in [0.2, 0.25) is 0 Å². The van der Waals surface area contributed by atoms with Crippen molar-refractivity contribution >= 4 is 5.97 Å². The summed E-state index contributed by atoms with van der Waals surface area (Å²) in [5.74, 6) is -0.0128. The second-order valence-electron chi connectivity index (χ2n) is 12.0. The zero-order valence-corrected chi connectivity index (χ0v) is 25.2. The summed E-state index contributed by atoms with van der Waals surface area (Å²) in [5, 5.41) is 0. The molecule has 0 bridgehead atoms. The van der Waals surface area contributed by atoms with Gasteiger partial charge in [-0.1, -0.05) is 167 Å². The minimum absolute atomic E-state index is 0.0128. The van der Waals surface area contributed by atoms with E-state index in [2.05, 4.69) is 45.0 Å². The van der Waals surface area contributed by atoms with Crippen LogP contribution in [0.3, 0.4) is 0 Å². The first-order valence-corrected chi connectivity index (χ1v) is 16.3. The van der Waals surface area contributed by atoms with Crippen molar-refractivity contribution in [2.24, 2.45) is 5.41 Å². The lowest BCUT2D eigenvalue weighted by Crippen LogP contribution is -2.25. The Morgan fingerprint density at radius 1 is 0.622 bits per heavy atom. The summed E-state index contributed by atoms with van der Waals surface area (Å²) in [6, 6.07) is 10.5. The second kappa shape index (κ2) is 23.8. The van der Waals surface area contributed by atoms with Crippen molar-refractivity contribution in [1.82, 2.24) is 0 Å². The Bertz CT molecular complexity index is 625. The maximum absolute atomic E-state index is 12.5. The number of carbonyl (C=O) groups excluding carboxylic acids is 1. The van der Waals surface area contributed by atoms with E-state index in [1.54, 1.807) is 0 Å². The molecule has 0 aliphatic carbocycles. The molecule has 0 aromatic heterocycles. The van der Waals surface area contributed by atoms with Crippen LogP contribution in [0.5, 0.6) is 0 Å². The van der Waals surface area contributed by atoms with Crippen LogP contribution in [-0.4, -0.2) is 12.6 Å². The highest BCUT2D eigenvalue weighted by Crippen LogP contribution is 2.32. The molecule has 0 aliphatic rings. The van der Waals surface area contributed by atoms with Crippen LogP contribution in [0.1, 0.15) is 168 Å². The van der Waals surface area contributed by atoms with E-state index >= 15 is 0 Å². The predicted molar refractivity (Wildman–Crippen MR) is 162 cm³/mol. The monoisotopic (exact) mass is 514 g/mol. The lowest BCUT2D eigenvalue weighted by molar-refractivity contribution is -0.147. The van der Waals surface area contributed by atoms with Gasteiger partial charge in [-0.3, -0.25) is 4.79 Å². The molecule has 2 nitrogen and oxygen atoms in total. The number of carbonyl (C=O) groups is 1. The molecule has 37 heavy (non-hydrogen) atoms. The standard InChI is InChI=1S/C35H62O2/c1-4-6-8-10-12-14-15-17-19-24-31-35(3,30-23-18-16-13-11-9-7-5-2)32-37-34(36)29-25-28-33-26-21-20-22-27-33/h20-22,26-27H,4-19,23-25,28-32H2,1-3H3. The lowest BCUT2D eigenvalue weighted by atomic mass is 9.80. The first kappa shape index (κ1) is 33.7. The van der Waals surface area contributed by atoms with E-state index in [4.69, 9.17) is 4.74 Å². The van der Waals surface area contributed by atoms with Gasteiger partial charge in [-0.2, -0.15) is 0 Å². The lowest BCUT2D eigenvalue weighted by Gasteiger charge is -2.29. The maximum Gasteiger partial charge on any atom is 0.305 e. The predicted octanol–water partition coefficient (Wildman–Crippen LogP) is 11.4. The molecule has 0 saturated carbocycles. The first-order chi connectivity index (χ1) is 18.1. The molecule has 0 amide bonds. The first-order valence-electron chi connectivity index (χ1n) is 16.3. The average Bonchev–Trinajstić information content (AvgIpc) is 2.91. The summed E-state index contributed by atoms with van der Waals surface area (Å²) in [7, 11) is 0. The van der Waals surface area contributed by atoms with Crippen molar-refractivity contribution in [3.63, 3.8) is 0 Å². The van der Waals surface area contributed by atoms with Crippen molar-refractivity contribution in [2.75, 3.05) is 6.61 Å². The van der Waals surface area contributed by atoms with Crippen LogP contribution in [0.25, 0.3) is 0 Å². The maximum atomic E-state index is 12.5. The molecular weight excluding hydrogens is 452 g/mol. The summed E-state index contributed by atoms with van der Waals surface area (Å²) in [6.45, 7) is 7.55. The number of ether oxygens (including phenoxy) is 1. The van der Waals surface area contributed by atoms with Gasteiger partial charge in [0.05, 0.1) is 6.61 Å². The molecule has 2 heteroatoms. The SMILES string of the molecule is CCCCCCCCCCCCC(C)(CCCCCCCCCC)COC(=O)CCCc1ccccc1. The van der Waals surface area contributed by atoms with Gasteiger partial charge in [-0.15, -0.1) is 0 Å². The van der Waals surface area contributed by atoms with Crippen molar-refractivity contribution in [3.8, 4) is 0 Å². The van der Waals surface area contributed by atoms with Crippen LogP contribution in [0.15, 0.2) is 30.3 Å². The number of rotatable bonds is 26. The molecule has 1 unspecified atom stereocenters. The van der Waals surface area contributed by atoms with Crippen LogP contribution in [0.2, 0.25) is 0 Å². The quantitative estimate of drug-likeness (QED) is 0.0907. The molecule has 0 radical (unpaired) electrons. The number of esters is 1. The summed E-state index contributed by atoms with van der Waals surface area (Å²) >= 11 is 0. The summed E-state index contributed by atoms with van der Waals surface area (Å²) < 4.78 is 5.87. The van der Waals surface area contributed by atoms with Gasteiger partial charge in [0, 0.05) is 11.8 Å². The average molecular weight is 515 g/mol. The highest BCUT2D eigenvalue weighted by atomic mass is 16.5. The van der Waals surface area contributed by atoms with Crippen molar-refractivity contribution < 1.29 is 9.53 Å². The molecule has 0 heterocycles. The minimum atomic E-state index is -0.0128. The molecule has 0 spiro atoms. The molecular formula is C35H62O2. The third kappa shape index (κ3) is 20.3. The zero-order chi connectivity index (χ0) is 26.9. The van der Waals surface area contributed by atoms with Gasteiger partial charge in [0.1, 0.15) is 0 Å². The number of hydrogen-bond acceptors (Lipinski definition) is 2. The molecule has 1 rings (SSSR count). The van der Waals surface area contributed by atoms with Crippen LogP contribution in [0.4, 0.5) is 0 Å². The topological polar surface area (TPSA) is 26.3 Å². The molecule has 0 saturated heterocycles. The van der Waals surface area contributed by atoms with Crippen molar-refractivity contribution in [3.05, 3.63) is 35.9 Å². The largest absolute Gasteiger partial charge is 0.465 e. The molecule has 0 N–H and O–H groups in total. The van der Waals surface area contributed by atoms with Crippen LogP contribution in [-0.2, 0) is 16.0 Å². The molecule has 1 atom stereocenters. The third-order valence-electron chi connectivity index (χ3n) is 8.04.